The molecule has 98 valence electrons. The monoisotopic (exact) mass is 275 g/mol. The minimum atomic E-state index is -0.414. The molecule has 0 aliphatic rings. The Morgan fingerprint density at radius 2 is 1.89 bits per heavy atom. The Morgan fingerprint density at radius 3 is 2.53 bits per heavy atom. The number of nitro benzene ring substituents is 1. The van der Waals surface area contributed by atoms with Gasteiger partial charge in [-0.2, -0.15) is 0 Å². The molecule has 0 atom stereocenters. The lowest BCUT2D eigenvalue weighted by molar-refractivity contribution is -0.386. The van der Waals surface area contributed by atoms with Crippen LogP contribution in [0.2, 0.25) is 0 Å². The average Bonchev–Trinajstić information content (AvgIpc) is 2.45. The Kier molecular flexibility index (Phi) is 4.38. The zero-order chi connectivity index (χ0) is 13.7. The molecule has 19 heavy (non-hydrogen) atoms. The van der Waals surface area contributed by atoms with Crippen LogP contribution in [0.15, 0.2) is 53.4 Å². The third-order valence-corrected chi connectivity index (χ3v) is 3.69. The standard InChI is InChI=1S/C13H13N3O2S/c14-15-11-7-4-8-12(13(11)16(17)18)19-9-10-5-2-1-3-6-10/h1-8,15H,9,14H2. The zero-order valence-electron chi connectivity index (χ0n) is 10.1. The summed E-state index contributed by atoms with van der Waals surface area (Å²) in [6, 6.07) is 14.9. The average molecular weight is 275 g/mol. The molecule has 0 heterocycles. The van der Waals surface area contributed by atoms with Crippen molar-refractivity contribution < 1.29 is 4.92 Å². The minimum absolute atomic E-state index is 0.0194. The van der Waals surface area contributed by atoms with E-state index in [1.54, 1.807) is 18.2 Å². The van der Waals surface area contributed by atoms with Gasteiger partial charge in [-0.1, -0.05) is 36.4 Å². The van der Waals surface area contributed by atoms with E-state index in [9.17, 15) is 10.1 Å². The number of nitrogens with one attached hydrogen (secondary N) is 1. The number of nitrogens with two attached hydrogens (primary N) is 1. The molecule has 0 aromatic heterocycles. The molecular weight excluding hydrogens is 262 g/mol. The Hall–Kier alpha value is -2.05. The van der Waals surface area contributed by atoms with E-state index in [0.29, 0.717) is 16.3 Å². The smallest absolute Gasteiger partial charge is 0.307 e. The lowest BCUT2D eigenvalue weighted by Gasteiger charge is -2.07. The van der Waals surface area contributed by atoms with Crippen LogP contribution in [0.25, 0.3) is 0 Å². The van der Waals surface area contributed by atoms with Crippen LogP contribution in [-0.2, 0) is 5.75 Å². The summed E-state index contributed by atoms with van der Waals surface area (Å²) in [5, 5.41) is 11.1. The van der Waals surface area contributed by atoms with Crippen LogP contribution >= 0.6 is 11.8 Å². The maximum atomic E-state index is 11.1. The summed E-state index contributed by atoms with van der Waals surface area (Å²) >= 11 is 1.42. The normalized spacial score (nSPS) is 10.2. The summed E-state index contributed by atoms with van der Waals surface area (Å²) < 4.78 is 0. The summed E-state index contributed by atoms with van der Waals surface area (Å²) in [7, 11) is 0. The van der Waals surface area contributed by atoms with Gasteiger partial charge in [0.1, 0.15) is 5.69 Å². The van der Waals surface area contributed by atoms with Crippen LogP contribution in [0.1, 0.15) is 5.56 Å². The van der Waals surface area contributed by atoms with Gasteiger partial charge in [0.05, 0.1) is 9.82 Å². The van der Waals surface area contributed by atoms with E-state index < -0.39 is 4.92 Å². The number of rotatable bonds is 5. The van der Waals surface area contributed by atoms with Crippen molar-refractivity contribution in [1.29, 1.82) is 0 Å². The molecule has 0 unspecified atom stereocenters. The molecule has 0 fully saturated rings. The second-order valence-electron chi connectivity index (χ2n) is 3.83. The number of thioether (sulfide) groups is 1. The van der Waals surface area contributed by atoms with Crippen LogP contribution < -0.4 is 11.3 Å². The molecule has 0 saturated carbocycles. The van der Waals surface area contributed by atoms with E-state index in [4.69, 9.17) is 5.84 Å². The van der Waals surface area contributed by atoms with Crippen molar-refractivity contribution in [1.82, 2.24) is 0 Å². The van der Waals surface area contributed by atoms with Gasteiger partial charge in [0.2, 0.25) is 0 Å². The van der Waals surface area contributed by atoms with E-state index in [0.717, 1.165) is 5.56 Å². The SMILES string of the molecule is NNc1cccc(SCc2ccccc2)c1[N+](=O)[O-]. The first-order valence-corrected chi connectivity index (χ1v) is 6.61. The third kappa shape index (κ3) is 3.24. The quantitative estimate of drug-likeness (QED) is 0.379. The Balaban J connectivity index is 2.23. The van der Waals surface area contributed by atoms with Gasteiger partial charge in [0.15, 0.2) is 0 Å². The first kappa shape index (κ1) is 13.4. The molecule has 0 saturated heterocycles. The number of hydrogen-bond acceptors (Lipinski definition) is 5. The maximum Gasteiger partial charge on any atom is 0.307 e. The molecule has 3 N–H and O–H groups in total. The van der Waals surface area contributed by atoms with Crippen LogP contribution in [-0.4, -0.2) is 4.92 Å². The fourth-order valence-electron chi connectivity index (χ4n) is 1.68. The van der Waals surface area contributed by atoms with E-state index >= 15 is 0 Å². The van der Waals surface area contributed by atoms with Gasteiger partial charge in [-0.25, -0.2) is 0 Å². The summed E-state index contributed by atoms with van der Waals surface area (Å²) in [6.45, 7) is 0. The fraction of sp³-hybridized carbons (Fsp3) is 0.0769. The first-order valence-electron chi connectivity index (χ1n) is 5.63. The van der Waals surface area contributed by atoms with Crippen molar-refractivity contribution in [3.63, 3.8) is 0 Å². The van der Waals surface area contributed by atoms with Crippen LogP contribution in [0.4, 0.5) is 11.4 Å². The number of anilines is 1. The topological polar surface area (TPSA) is 81.2 Å². The number of benzene rings is 2. The number of para-hydroxylation sites is 1. The number of hydrazine groups is 1. The van der Waals surface area contributed by atoms with Gasteiger partial charge in [-0.3, -0.25) is 16.0 Å². The van der Waals surface area contributed by atoms with Gasteiger partial charge in [-0.15, -0.1) is 11.8 Å². The van der Waals surface area contributed by atoms with Gasteiger partial charge in [-0.05, 0) is 17.7 Å². The Morgan fingerprint density at radius 1 is 1.16 bits per heavy atom. The van der Waals surface area contributed by atoms with Crippen molar-refractivity contribution in [3.05, 3.63) is 64.2 Å². The number of nitrogens with zero attached hydrogens (tertiary/aromatic N) is 1. The maximum absolute atomic E-state index is 11.1. The summed E-state index contributed by atoms with van der Waals surface area (Å²) in [4.78, 5) is 11.3. The number of hydrogen-bond donors (Lipinski definition) is 2. The minimum Gasteiger partial charge on any atom is -0.318 e. The van der Waals surface area contributed by atoms with E-state index in [2.05, 4.69) is 5.43 Å². The van der Waals surface area contributed by atoms with Crippen LogP contribution in [0.5, 0.6) is 0 Å². The van der Waals surface area contributed by atoms with Crippen molar-refractivity contribution in [2.75, 3.05) is 5.43 Å². The summed E-state index contributed by atoms with van der Waals surface area (Å²) in [5.41, 5.74) is 3.82. The highest BCUT2D eigenvalue weighted by molar-refractivity contribution is 7.98. The van der Waals surface area contributed by atoms with Crippen molar-refractivity contribution in [2.45, 2.75) is 10.6 Å². The van der Waals surface area contributed by atoms with Gasteiger partial charge in [0, 0.05) is 5.75 Å². The largest absolute Gasteiger partial charge is 0.318 e. The van der Waals surface area contributed by atoms with Gasteiger partial charge < -0.3 is 5.43 Å². The second kappa shape index (κ2) is 6.21. The predicted molar refractivity (Wildman–Crippen MR) is 76.9 cm³/mol. The van der Waals surface area contributed by atoms with Crippen molar-refractivity contribution in [2.24, 2.45) is 5.84 Å². The van der Waals surface area contributed by atoms with E-state index in [-0.39, 0.29) is 5.69 Å². The van der Waals surface area contributed by atoms with Crippen LogP contribution in [0, 0.1) is 10.1 Å². The fourth-order valence-corrected chi connectivity index (χ4v) is 2.69. The van der Waals surface area contributed by atoms with Gasteiger partial charge >= 0.3 is 5.69 Å². The molecule has 0 bridgehead atoms. The third-order valence-electron chi connectivity index (χ3n) is 2.57. The highest BCUT2D eigenvalue weighted by atomic mass is 32.2. The summed E-state index contributed by atoms with van der Waals surface area (Å²) in [5.74, 6) is 5.98. The highest BCUT2D eigenvalue weighted by Crippen LogP contribution is 2.36. The molecule has 0 aliphatic carbocycles. The lowest BCUT2D eigenvalue weighted by Crippen LogP contribution is -2.09. The Bertz CT molecular complexity index is 575. The molecule has 2 aromatic rings. The Labute approximate surface area is 114 Å². The molecule has 6 heteroatoms. The molecule has 2 aromatic carbocycles. The molecule has 0 aliphatic heterocycles. The van der Waals surface area contributed by atoms with E-state index in [1.165, 1.54) is 11.8 Å². The molecule has 2 rings (SSSR count). The molecular formula is C13H13N3O2S. The zero-order valence-corrected chi connectivity index (χ0v) is 10.9. The highest BCUT2D eigenvalue weighted by Gasteiger charge is 2.19. The van der Waals surface area contributed by atoms with Crippen LogP contribution in [0.3, 0.4) is 0 Å². The lowest BCUT2D eigenvalue weighted by atomic mass is 10.2. The molecule has 0 radical (unpaired) electrons. The predicted octanol–water partition coefficient (Wildman–Crippen LogP) is 3.17. The number of nitro groups is 1. The summed E-state index contributed by atoms with van der Waals surface area (Å²) in [6.07, 6.45) is 0. The number of nitrogen functional groups attached to an aromatic ring is 1. The second-order valence-corrected chi connectivity index (χ2v) is 4.85. The first-order chi connectivity index (χ1) is 9.22. The van der Waals surface area contributed by atoms with Crippen molar-refractivity contribution >= 4 is 23.1 Å². The van der Waals surface area contributed by atoms with E-state index in [1.807, 2.05) is 30.3 Å². The molecule has 0 amide bonds. The molecule has 5 nitrogen and oxygen atoms in total. The van der Waals surface area contributed by atoms with Gasteiger partial charge in [0.25, 0.3) is 0 Å². The van der Waals surface area contributed by atoms with Crippen molar-refractivity contribution in [3.8, 4) is 0 Å². The molecule has 0 spiro atoms.